The van der Waals surface area contributed by atoms with Gasteiger partial charge in [0.15, 0.2) is 4.34 Å². The van der Waals surface area contributed by atoms with Gasteiger partial charge in [-0.1, -0.05) is 11.8 Å². The number of carbonyl (C=O) groups is 1. The van der Waals surface area contributed by atoms with E-state index >= 15 is 0 Å². The minimum absolute atomic E-state index is 0.127. The standard InChI is InChI=1S/C19H20N2O4S2/c1-4-25-13-6-8-15-17(10-13)27-19(21-15)26-11-18(22)20-14-7-5-12(23-2)9-16(14)24-3/h5-10H,4,11H2,1-3H3,(H,20,22). The molecule has 3 aromatic rings. The van der Waals surface area contributed by atoms with E-state index in [1.54, 1.807) is 43.8 Å². The van der Waals surface area contributed by atoms with Crippen molar-refractivity contribution in [1.29, 1.82) is 0 Å². The number of thioether (sulfide) groups is 1. The molecule has 0 aliphatic heterocycles. The Morgan fingerprint density at radius 3 is 2.70 bits per heavy atom. The van der Waals surface area contributed by atoms with Crippen molar-refractivity contribution >= 4 is 44.9 Å². The maximum absolute atomic E-state index is 12.3. The first-order valence-electron chi connectivity index (χ1n) is 8.31. The Balaban J connectivity index is 1.63. The predicted molar refractivity (Wildman–Crippen MR) is 110 cm³/mol. The normalized spacial score (nSPS) is 10.6. The number of ether oxygens (including phenoxy) is 3. The summed E-state index contributed by atoms with van der Waals surface area (Å²) in [5, 5.41) is 2.86. The highest BCUT2D eigenvalue weighted by molar-refractivity contribution is 8.01. The lowest BCUT2D eigenvalue weighted by Gasteiger charge is -2.11. The van der Waals surface area contributed by atoms with Gasteiger partial charge in [-0.15, -0.1) is 11.3 Å². The summed E-state index contributed by atoms with van der Waals surface area (Å²) >= 11 is 2.95. The molecule has 0 aliphatic rings. The molecule has 0 aliphatic carbocycles. The van der Waals surface area contributed by atoms with E-state index < -0.39 is 0 Å². The molecule has 3 rings (SSSR count). The van der Waals surface area contributed by atoms with Crippen LogP contribution in [0.2, 0.25) is 0 Å². The number of rotatable bonds is 8. The van der Waals surface area contributed by atoms with Gasteiger partial charge in [-0.25, -0.2) is 4.98 Å². The number of thiazole rings is 1. The zero-order valence-electron chi connectivity index (χ0n) is 15.3. The Labute approximate surface area is 165 Å². The van der Waals surface area contributed by atoms with Crippen LogP contribution in [0, 0.1) is 0 Å². The molecule has 0 saturated carbocycles. The average Bonchev–Trinajstić information content (AvgIpc) is 3.09. The largest absolute Gasteiger partial charge is 0.497 e. The second-order valence-electron chi connectivity index (χ2n) is 5.45. The van der Waals surface area contributed by atoms with E-state index in [1.165, 1.54) is 11.8 Å². The molecular weight excluding hydrogens is 384 g/mol. The van der Waals surface area contributed by atoms with Crippen molar-refractivity contribution in [2.45, 2.75) is 11.3 Å². The number of fused-ring (bicyclic) bond motifs is 1. The first kappa shape index (κ1) is 19.3. The highest BCUT2D eigenvalue weighted by atomic mass is 32.2. The summed E-state index contributed by atoms with van der Waals surface area (Å²) in [6, 6.07) is 11.1. The van der Waals surface area contributed by atoms with Crippen molar-refractivity contribution < 1.29 is 19.0 Å². The summed E-state index contributed by atoms with van der Waals surface area (Å²) in [6.45, 7) is 2.58. The SMILES string of the molecule is CCOc1ccc2nc(SCC(=O)Nc3ccc(OC)cc3OC)sc2c1. The first-order chi connectivity index (χ1) is 13.1. The molecule has 0 fully saturated rings. The van der Waals surface area contributed by atoms with E-state index in [2.05, 4.69) is 10.3 Å². The van der Waals surface area contributed by atoms with Crippen LogP contribution in [0.25, 0.3) is 10.2 Å². The Hall–Kier alpha value is -2.45. The number of nitrogens with one attached hydrogen (secondary N) is 1. The third kappa shape index (κ3) is 4.84. The summed E-state index contributed by atoms with van der Waals surface area (Å²) in [6.07, 6.45) is 0. The smallest absolute Gasteiger partial charge is 0.234 e. The summed E-state index contributed by atoms with van der Waals surface area (Å²) in [5.41, 5.74) is 1.51. The van der Waals surface area contributed by atoms with Gasteiger partial charge in [-0.05, 0) is 37.3 Å². The Kier molecular flexibility index (Phi) is 6.41. The Bertz CT molecular complexity index is 943. The lowest BCUT2D eigenvalue weighted by atomic mass is 10.2. The number of anilines is 1. The molecule has 0 radical (unpaired) electrons. The minimum Gasteiger partial charge on any atom is -0.497 e. The van der Waals surface area contributed by atoms with Gasteiger partial charge in [0, 0.05) is 6.07 Å². The van der Waals surface area contributed by atoms with Gasteiger partial charge in [0.1, 0.15) is 17.2 Å². The maximum atomic E-state index is 12.3. The number of nitrogens with zero attached hydrogens (tertiary/aromatic N) is 1. The van der Waals surface area contributed by atoms with Gasteiger partial charge in [-0.2, -0.15) is 0 Å². The van der Waals surface area contributed by atoms with Crippen LogP contribution in [0.5, 0.6) is 17.2 Å². The Morgan fingerprint density at radius 1 is 1.15 bits per heavy atom. The Morgan fingerprint density at radius 2 is 1.96 bits per heavy atom. The number of aromatic nitrogens is 1. The lowest BCUT2D eigenvalue weighted by molar-refractivity contribution is -0.113. The molecule has 0 atom stereocenters. The van der Waals surface area contributed by atoms with Crippen molar-refractivity contribution in [2.24, 2.45) is 0 Å². The van der Waals surface area contributed by atoms with Crippen molar-refractivity contribution in [3.63, 3.8) is 0 Å². The summed E-state index contributed by atoms with van der Waals surface area (Å²) in [7, 11) is 3.13. The van der Waals surface area contributed by atoms with Crippen molar-refractivity contribution in [2.75, 3.05) is 31.9 Å². The first-order valence-corrected chi connectivity index (χ1v) is 10.1. The highest BCUT2D eigenvalue weighted by Gasteiger charge is 2.12. The fourth-order valence-corrected chi connectivity index (χ4v) is 4.31. The quantitative estimate of drug-likeness (QED) is 0.560. The monoisotopic (exact) mass is 404 g/mol. The van der Waals surface area contributed by atoms with E-state index in [4.69, 9.17) is 14.2 Å². The molecule has 1 amide bonds. The van der Waals surface area contributed by atoms with Gasteiger partial charge >= 0.3 is 0 Å². The molecule has 142 valence electrons. The van der Waals surface area contributed by atoms with Gasteiger partial charge < -0.3 is 19.5 Å². The van der Waals surface area contributed by atoms with Crippen LogP contribution in [-0.4, -0.2) is 37.5 Å². The second kappa shape index (κ2) is 8.96. The minimum atomic E-state index is -0.127. The number of hydrogen-bond acceptors (Lipinski definition) is 7. The summed E-state index contributed by atoms with van der Waals surface area (Å²) in [4.78, 5) is 16.9. The highest BCUT2D eigenvalue weighted by Crippen LogP contribution is 2.33. The maximum Gasteiger partial charge on any atom is 0.234 e. The van der Waals surface area contributed by atoms with E-state index in [1.807, 2.05) is 25.1 Å². The van der Waals surface area contributed by atoms with Crippen LogP contribution in [0.3, 0.4) is 0 Å². The molecule has 1 heterocycles. The van der Waals surface area contributed by atoms with Crippen LogP contribution in [-0.2, 0) is 4.79 Å². The van der Waals surface area contributed by atoms with E-state index in [-0.39, 0.29) is 11.7 Å². The van der Waals surface area contributed by atoms with Crippen LogP contribution in [0.4, 0.5) is 5.69 Å². The third-order valence-corrected chi connectivity index (χ3v) is 5.82. The molecular formula is C19H20N2O4S2. The number of carbonyl (C=O) groups excluding carboxylic acids is 1. The molecule has 0 spiro atoms. The zero-order valence-corrected chi connectivity index (χ0v) is 16.9. The molecule has 0 unspecified atom stereocenters. The molecule has 0 saturated heterocycles. The van der Waals surface area contributed by atoms with Crippen LogP contribution in [0.1, 0.15) is 6.92 Å². The van der Waals surface area contributed by atoms with E-state index in [0.29, 0.717) is 23.8 Å². The second-order valence-corrected chi connectivity index (χ2v) is 7.70. The topological polar surface area (TPSA) is 69.7 Å². The molecule has 6 nitrogen and oxygen atoms in total. The van der Waals surface area contributed by atoms with Crippen LogP contribution in [0.15, 0.2) is 40.7 Å². The summed E-state index contributed by atoms with van der Waals surface area (Å²) < 4.78 is 17.9. The van der Waals surface area contributed by atoms with Gasteiger partial charge in [0.25, 0.3) is 0 Å². The average molecular weight is 405 g/mol. The summed E-state index contributed by atoms with van der Waals surface area (Å²) in [5.74, 6) is 2.18. The fraction of sp³-hybridized carbons (Fsp3) is 0.263. The number of hydrogen-bond donors (Lipinski definition) is 1. The van der Waals surface area contributed by atoms with Crippen molar-refractivity contribution in [3.05, 3.63) is 36.4 Å². The van der Waals surface area contributed by atoms with Crippen molar-refractivity contribution in [1.82, 2.24) is 4.98 Å². The number of methoxy groups -OCH3 is 2. The molecule has 2 aromatic carbocycles. The predicted octanol–water partition coefficient (Wildman–Crippen LogP) is 4.44. The molecule has 1 N–H and O–H groups in total. The third-order valence-electron chi connectivity index (χ3n) is 3.66. The zero-order chi connectivity index (χ0) is 19.2. The van der Waals surface area contributed by atoms with E-state index in [9.17, 15) is 4.79 Å². The number of amides is 1. The van der Waals surface area contributed by atoms with Crippen LogP contribution < -0.4 is 19.5 Å². The fourth-order valence-electron chi connectivity index (χ4n) is 2.42. The number of benzene rings is 2. The molecule has 1 aromatic heterocycles. The van der Waals surface area contributed by atoms with Gasteiger partial charge in [0.2, 0.25) is 5.91 Å². The van der Waals surface area contributed by atoms with Gasteiger partial charge in [-0.3, -0.25) is 4.79 Å². The van der Waals surface area contributed by atoms with Crippen LogP contribution >= 0.6 is 23.1 Å². The van der Waals surface area contributed by atoms with E-state index in [0.717, 1.165) is 20.3 Å². The van der Waals surface area contributed by atoms with Crippen molar-refractivity contribution in [3.8, 4) is 17.2 Å². The lowest BCUT2D eigenvalue weighted by Crippen LogP contribution is -2.14. The molecule has 8 heteroatoms. The molecule has 27 heavy (non-hydrogen) atoms. The molecule has 0 bridgehead atoms. The van der Waals surface area contributed by atoms with Gasteiger partial charge in [0.05, 0.1) is 42.5 Å².